The van der Waals surface area contributed by atoms with Crippen molar-refractivity contribution >= 4 is 11.6 Å². The van der Waals surface area contributed by atoms with Crippen molar-refractivity contribution in [2.24, 2.45) is 0 Å². The van der Waals surface area contributed by atoms with Crippen LogP contribution in [0.3, 0.4) is 0 Å². The maximum atomic E-state index is 5.85. The van der Waals surface area contributed by atoms with E-state index in [1.807, 2.05) is 24.5 Å². The van der Waals surface area contributed by atoms with Crippen molar-refractivity contribution in [3.05, 3.63) is 47.3 Å². The molecule has 0 N–H and O–H groups in total. The zero-order valence-corrected chi connectivity index (χ0v) is 9.98. The van der Waals surface area contributed by atoms with Gasteiger partial charge in [0.05, 0.1) is 0 Å². The van der Waals surface area contributed by atoms with E-state index in [1.165, 1.54) is 0 Å². The number of halogens is 1. The van der Waals surface area contributed by atoms with Gasteiger partial charge in [-0.25, -0.2) is 9.97 Å². The van der Waals surface area contributed by atoms with Gasteiger partial charge in [0, 0.05) is 31.1 Å². The number of pyridine rings is 1. The van der Waals surface area contributed by atoms with E-state index in [0.717, 1.165) is 30.9 Å². The molecule has 0 aliphatic heterocycles. The average Bonchev–Trinajstić information content (AvgIpc) is 2.66. The molecule has 2 aromatic heterocycles. The Balaban J connectivity index is 2.17. The zero-order chi connectivity index (χ0) is 11.4. The highest BCUT2D eigenvalue weighted by molar-refractivity contribution is 6.29. The van der Waals surface area contributed by atoms with Gasteiger partial charge >= 0.3 is 0 Å². The lowest BCUT2D eigenvalue weighted by Gasteiger charge is -2.05. The van der Waals surface area contributed by atoms with Gasteiger partial charge in [0.1, 0.15) is 11.0 Å². The number of imidazole rings is 1. The Morgan fingerprint density at radius 1 is 1.38 bits per heavy atom. The molecular weight excluding hydrogens is 222 g/mol. The summed E-state index contributed by atoms with van der Waals surface area (Å²) < 4.78 is 2.16. The number of hydrogen-bond acceptors (Lipinski definition) is 2. The summed E-state index contributed by atoms with van der Waals surface area (Å²) >= 11 is 5.85. The summed E-state index contributed by atoms with van der Waals surface area (Å²) in [6, 6.07) is 5.66. The second-order valence-corrected chi connectivity index (χ2v) is 4.05. The van der Waals surface area contributed by atoms with Crippen molar-refractivity contribution in [1.29, 1.82) is 0 Å². The van der Waals surface area contributed by atoms with Gasteiger partial charge in [-0.1, -0.05) is 24.6 Å². The van der Waals surface area contributed by atoms with E-state index < -0.39 is 0 Å². The molecule has 3 nitrogen and oxygen atoms in total. The molecule has 2 aromatic rings. The summed E-state index contributed by atoms with van der Waals surface area (Å²) in [6.07, 6.45) is 5.67. The SMILES string of the molecule is CCCn1ccnc1Cc1cccc(Cl)n1. The normalized spacial score (nSPS) is 10.6. The molecule has 0 bridgehead atoms. The standard InChI is InChI=1S/C12H14ClN3/c1-2-7-16-8-6-14-12(16)9-10-4-3-5-11(13)15-10/h3-6,8H,2,7,9H2,1H3. The van der Waals surface area contributed by atoms with E-state index in [9.17, 15) is 0 Å². The maximum Gasteiger partial charge on any atom is 0.129 e. The molecule has 84 valence electrons. The Labute approximate surface area is 100 Å². The van der Waals surface area contributed by atoms with Gasteiger partial charge in [-0.2, -0.15) is 0 Å². The van der Waals surface area contributed by atoms with Gasteiger partial charge in [-0.3, -0.25) is 0 Å². The third-order valence-electron chi connectivity index (χ3n) is 2.38. The Morgan fingerprint density at radius 3 is 3.00 bits per heavy atom. The van der Waals surface area contributed by atoms with Gasteiger partial charge in [0.2, 0.25) is 0 Å². The number of nitrogens with zero attached hydrogens (tertiary/aromatic N) is 3. The molecule has 0 aromatic carbocycles. The molecule has 16 heavy (non-hydrogen) atoms. The molecule has 4 heteroatoms. The monoisotopic (exact) mass is 235 g/mol. The summed E-state index contributed by atoms with van der Waals surface area (Å²) in [7, 11) is 0. The Morgan fingerprint density at radius 2 is 2.25 bits per heavy atom. The van der Waals surface area contributed by atoms with Gasteiger partial charge < -0.3 is 4.57 Å². The van der Waals surface area contributed by atoms with Crippen LogP contribution in [0.4, 0.5) is 0 Å². The first-order valence-electron chi connectivity index (χ1n) is 5.41. The Hall–Kier alpha value is -1.35. The summed E-state index contributed by atoms with van der Waals surface area (Å²) in [5.41, 5.74) is 0.955. The lowest BCUT2D eigenvalue weighted by atomic mass is 10.2. The van der Waals surface area contributed by atoms with Crippen LogP contribution in [0, 0.1) is 0 Å². The van der Waals surface area contributed by atoms with Crippen molar-refractivity contribution in [3.8, 4) is 0 Å². The second kappa shape index (κ2) is 5.12. The third-order valence-corrected chi connectivity index (χ3v) is 2.59. The summed E-state index contributed by atoms with van der Waals surface area (Å²) in [5.74, 6) is 1.04. The van der Waals surface area contributed by atoms with Crippen molar-refractivity contribution in [2.45, 2.75) is 26.3 Å². The van der Waals surface area contributed by atoms with Crippen LogP contribution in [0.5, 0.6) is 0 Å². The second-order valence-electron chi connectivity index (χ2n) is 3.67. The molecule has 0 aliphatic carbocycles. The predicted molar refractivity (Wildman–Crippen MR) is 64.6 cm³/mol. The van der Waals surface area contributed by atoms with Crippen LogP contribution in [0.1, 0.15) is 24.9 Å². The highest BCUT2D eigenvalue weighted by Crippen LogP contribution is 2.10. The van der Waals surface area contributed by atoms with E-state index >= 15 is 0 Å². The minimum Gasteiger partial charge on any atom is -0.335 e. The van der Waals surface area contributed by atoms with E-state index in [2.05, 4.69) is 21.5 Å². The molecule has 0 radical (unpaired) electrons. The predicted octanol–water partition coefficient (Wildman–Crippen LogP) is 2.93. The van der Waals surface area contributed by atoms with Crippen LogP contribution in [-0.4, -0.2) is 14.5 Å². The lowest BCUT2D eigenvalue weighted by Crippen LogP contribution is -2.04. The van der Waals surface area contributed by atoms with Crippen LogP contribution in [-0.2, 0) is 13.0 Å². The minimum absolute atomic E-state index is 0.533. The van der Waals surface area contributed by atoms with Crippen molar-refractivity contribution in [1.82, 2.24) is 14.5 Å². The van der Waals surface area contributed by atoms with Crippen LogP contribution >= 0.6 is 11.6 Å². The van der Waals surface area contributed by atoms with Crippen molar-refractivity contribution < 1.29 is 0 Å². The smallest absolute Gasteiger partial charge is 0.129 e. The van der Waals surface area contributed by atoms with E-state index in [0.29, 0.717) is 5.15 Å². The first-order chi connectivity index (χ1) is 7.79. The van der Waals surface area contributed by atoms with Crippen LogP contribution in [0.25, 0.3) is 0 Å². The average molecular weight is 236 g/mol. The van der Waals surface area contributed by atoms with Crippen LogP contribution < -0.4 is 0 Å². The number of hydrogen-bond donors (Lipinski definition) is 0. The molecule has 2 heterocycles. The fraction of sp³-hybridized carbons (Fsp3) is 0.333. The number of aromatic nitrogens is 3. The maximum absolute atomic E-state index is 5.85. The largest absolute Gasteiger partial charge is 0.335 e. The van der Waals surface area contributed by atoms with Gasteiger partial charge in [0.15, 0.2) is 0 Å². The molecule has 0 fully saturated rings. The van der Waals surface area contributed by atoms with Crippen molar-refractivity contribution in [2.75, 3.05) is 0 Å². The molecule has 0 atom stereocenters. The van der Waals surface area contributed by atoms with Gasteiger partial charge in [-0.05, 0) is 18.6 Å². The van der Waals surface area contributed by atoms with Crippen molar-refractivity contribution in [3.63, 3.8) is 0 Å². The summed E-state index contributed by atoms with van der Waals surface area (Å²) in [4.78, 5) is 8.60. The van der Waals surface area contributed by atoms with Crippen LogP contribution in [0.2, 0.25) is 5.15 Å². The van der Waals surface area contributed by atoms with Gasteiger partial charge in [-0.15, -0.1) is 0 Å². The van der Waals surface area contributed by atoms with E-state index in [4.69, 9.17) is 11.6 Å². The quantitative estimate of drug-likeness (QED) is 0.763. The molecule has 0 aliphatic rings. The first-order valence-corrected chi connectivity index (χ1v) is 5.79. The van der Waals surface area contributed by atoms with E-state index in [1.54, 1.807) is 6.07 Å². The lowest BCUT2D eigenvalue weighted by molar-refractivity contribution is 0.645. The van der Waals surface area contributed by atoms with Crippen LogP contribution in [0.15, 0.2) is 30.6 Å². The fourth-order valence-corrected chi connectivity index (χ4v) is 1.84. The molecule has 0 unspecified atom stereocenters. The number of rotatable bonds is 4. The highest BCUT2D eigenvalue weighted by Gasteiger charge is 2.04. The Bertz CT molecular complexity index is 465. The summed E-state index contributed by atoms with van der Waals surface area (Å²) in [5, 5.41) is 0.533. The molecular formula is C12H14ClN3. The molecule has 0 saturated heterocycles. The zero-order valence-electron chi connectivity index (χ0n) is 9.23. The van der Waals surface area contributed by atoms with E-state index in [-0.39, 0.29) is 0 Å². The summed E-state index contributed by atoms with van der Waals surface area (Å²) in [6.45, 7) is 3.15. The third kappa shape index (κ3) is 2.61. The number of aryl methyl sites for hydroxylation is 1. The molecule has 0 saturated carbocycles. The topological polar surface area (TPSA) is 30.7 Å². The fourth-order valence-electron chi connectivity index (χ4n) is 1.66. The first kappa shape index (κ1) is 11.1. The highest BCUT2D eigenvalue weighted by atomic mass is 35.5. The molecule has 0 amide bonds. The molecule has 0 spiro atoms. The van der Waals surface area contributed by atoms with Gasteiger partial charge in [0.25, 0.3) is 0 Å². The Kier molecular flexibility index (Phi) is 3.57. The minimum atomic E-state index is 0.533. The molecule has 2 rings (SSSR count).